The van der Waals surface area contributed by atoms with Crippen LogP contribution in [0.25, 0.3) is 0 Å². The fourth-order valence-corrected chi connectivity index (χ4v) is 4.31. The number of rotatable bonds is 7. The van der Waals surface area contributed by atoms with Crippen molar-refractivity contribution in [1.82, 2.24) is 4.31 Å². The average molecular weight is 373 g/mol. The number of benzene rings is 2. The molecule has 0 saturated heterocycles. The summed E-state index contributed by atoms with van der Waals surface area (Å²) < 4.78 is 37.5. The van der Waals surface area contributed by atoms with Gasteiger partial charge < -0.3 is 9.47 Å². The van der Waals surface area contributed by atoms with Crippen molar-refractivity contribution in [1.29, 1.82) is 0 Å². The Labute approximate surface area is 154 Å². The van der Waals surface area contributed by atoms with E-state index in [1.54, 1.807) is 13.2 Å². The first-order valence-corrected chi connectivity index (χ1v) is 10.0. The van der Waals surface area contributed by atoms with Gasteiger partial charge in [0.15, 0.2) is 0 Å². The number of ether oxygens (including phenoxy) is 2. The molecule has 0 saturated carbocycles. The summed E-state index contributed by atoms with van der Waals surface area (Å²) in [5.74, 6) is 0.748. The van der Waals surface area contributed by atoms with E-state index in [0.717, 1.165) is 16.9 Å². The molecular formula is C20H23NO4S. The van der Waals surface area contributed by atoms with Crippen LogP contribution in [0.5, 0.6) is 5.75 Å². The third kappa shape index (κ3) is 4.72. The monoisotopic (exact) mass is 373 g/mol. The number of methoxy groups -OCH3 is 1. The molecule has 0 spiro atoms. The van der Waals surface area contributed by atoms with E-state index in [9.17, 15) is 8.42 Å². The summed E-state index contributed by atoms with van der Waals surface area (Å²) in [6, 6.07) is 17.1. The maximum absolute atomic E-state index is 12.5. The van der Waals surface area contributed by atoms with E-state index in [1.807, 2.05) is 54.6 Å². The summed E-state index contributed by atoms with van der Waals surface area (Å²) in [6.45, 7) is 1.14. The molecule has 0 aliphatic carbocycles. The van der Waals surface area contributed by atoms with Crippen LogP contribution < -0.4 is 4.74 Å². The molecule has 6 heteroatoms. The molecule has 1 aliphatic rings. The Morgan fingerprint density at radius 2 is 1.77 bits per heavy atom. The van der Waals surface area contributed by atoms with Crippen LogP contribution in [0.1, 0.15) is 17.5 Å². The number of hydrogen-bond acceptors (Lipinski definition) is 4. The van der Waals surface area contributed by atoms with Gasteiger partial charge in [0.05, 0.1) is 26.4 Å². The minimum Gasteiger partial charge on any atom is -0.497 e. The Morgan fingerprint density at radius 1 is 1.04 bits per heavy atom. The van der Waals surface area contributed by atoms with Crippen molar-refractivity contribution in [2.24, 2.45) is 0 Å². The van der Waals surface area contributed by atoms with Gasteiger partial charge in [0.2, 0.25) is 10.0 Å². The van der Waals surface area contributed by atoms with Gasteiger partial charge in [-0.1, -0.05) is 48.5 Å². The summed E-state index contributed by atoms with van der Waals surface area (Å²) in [4.78, 5) is 0. The van der Waals surface area contributed by atoms with Gasteiger partial charge in [0, 0.05) is 12.0 Å². The van der Waals surface area contributed by atoms with Gasteiger partial charge in [-0.3, -0.25) is 0 Å². The maximum Gasteiger partial charge on any atom is 0.236 e. The van der Waals surface area contributed by atoms with Crippen LogP contribution in [0.4, 0.5) is 0 Å². The lowest BCUT2D eigenvalue weighted by atomic mass is 10.1. The highest BCUT2D eigenvalue weighted by atomic mass is 32.2. The summed E-state index contributed by atoms with van der Waals surface area (Å²) in [5.41, 5.74) is 1.99. The molecule has 2 aromatic rings. The van der Waals surface area contributed by atoms with Crippen LogP contribution in [0.15, 0.2) is 66.1 Å². The molecule has 138 valence electrons. The zero-order chi connectivity index (χ0) is 18.4. The third-order valence-corrected chi connectivity index (χ3v) is 5.95. The zero-order valence-corrected chi connectivity index (χ0v) is 15.6. The van der Waals surface area contributed by atoms with Crippen molar-refractivity contribution >= 4 is 10.0 Å². The minimum atomic E-state index is -3.44. The Morgan fingerprint density at radius 3 is 2.46 bits per heavy atom. The fourth-order valence-electron chi connectivity index (χ4n) is 2.91. The quantitative estimate of drug-likeness (QED) is 0.747. The second-order valence-corrected chi connectivity index (χ2v) is 7.97. The van der Waals surface area contributed by atoms with Crippen LogP contribution in [-0.2, 0) is 27.9 Å². The van der Waals surface area contributed by atoms with Gasteiger partial charge >= 0.3 is 0 Å². The highest BCUT2D eigenvalue weighted by Gasteiger charge is 2.31. The molecular weight excluding hydrogens is 350 g/mol. The van der Waals surface area contributed by atoms with Gasteiger partial charge in [-0.2, -0.15) is 4.31 Å². The molecule has 1 heterocycles. The Kier molecular flexibility index (Phi) is 6.08. The molecule has 0 amide bonds. The van der Waals surface area contributed by atoms with Crippen LogP contribution in [-0.4, -0.2) is 32.5 Å². The van der Waals surface area contributed by atoms with Crippen molar-refractivity contribution in [3.63, 3.8) is 0 Å². The van der Waals surface area contributed by atoms with Crippen molar-refractivity contribution in [3.05, 3.63) is 77.2 Å². The molecule has 1 atom stereocenters. The molecule has 2 aromatic carbocycles. The van der Waals surface area contributed by atoms with Crippen LogP contribution in [0.3, 0.4) is 0 Å². The summed E-state index contributed by atoms with van der Waals surface area (Å²) in [7, 11) is -1.83. The van der Waals surface area contributed by atoms with Crippen LogP contribution in [0, 0.1) is 0 Å². The van der Waals surface area contributed by atoms with Crippen LogP contribution in [0.2, 0.25) is 0 Å². The standard InChI is InChI=1S/C20H23NO4S/c1-24-20-11-9-17(10-12-20)14-21-19(8-5-13-26(21,22)23)16-25-15-18-6-3-2-4-7-18/h2-7,9-13,19H,8,14-16H2,1H3. The maximum atomic E-state index is 12.5. The average Bonchev–Trinajstić information content (AvgIpc) is 2.65. The summed E-state index contributed by atoms with van der Waals surface area (Å²) >= 11 is 0. The van der Waals surface area contributed by atoms with E-state index in [2.05, 4.69) is 0 Å². The molecule has 1 unspecified atom stereocenters. The van der Waals surface area contributed by atoms with Crippen molar-refractivity contribution in [3.8, 4) is 5.75 Å². The molecule has 26 heavy (non-hydrogen) atoms. The van der Waals surface area contributed by atoms with E-state index < -0.39 is 10.0 Å². The SMILES string of the molecule is COc1ccc(CN2C(COCc3ccccc3)CC=CS2(=O)=O)cc1. The van der Waals surface area contributed by atoms with E-state index in [4.69, 9.17) is 9.47 Å². The van der Waals surface area contributed by atoms with Gasteiger partial charge in [0.25, 0.3) is 0 Å². The van der Waals surface area contributed by atoms with E-state index >= 15 is 0 Å². The van der Waals surface area contributed by atoms with Crippen molar-refractivity contribution < 1.29 is 17.9 Å². The van der Waals surface area contributed by atoms with E-state index in [-0.39, 0.29) is 6.04 Å². The predicted octanol–water partition coefficient (Wildman–Crippen LogP) is 3.33. The van der Waals surface area contributed by atoms with Gasteiger partial charge in [-0.25, -0.2) is 8.42 Å². The van der Waals surface area contributed by atoms with Crippen LogP contribution >= 0.6 is 0 Å². The first-order valence-electron chi connectivity index (χ1n) is 8.51. The highest BCUT2D eigenvalue weighted by Crippen LogP contribution is 2.23. The van der Waals surface area contributed by atoms with Gasteiger partial charge in [-0.15, -0.1) is 0 Å². The van der Waals surface area contributed by atoms with E-state index in [1.165, 1.54) is 9.71 Å². The smallest absolute Gasteiger partial charge is 0.236 e. The number of nitrogens with zero attached hydrogens (tertiary/aromatic N) is 1. The molecule has 1 aliphatic heterocycles. The fraction of sp³-hybridized carbons (Fsp3) is 0.300. The molecule has 0 fully saturated rings. The molecule has 0 radical (unpaired) electrons. The van der Waals surface area contributed by atoms with Crippen molar-refractivity contribution in [2.45, 2.75) is 25.6 Å². The lowest BCUT2D eigenvalue weighted by Gasteiger charge is -2.31. The van der Waals surface area contributed by atoms with E-state index in [0.29, 0.717) is 26.2 Å². The normalized spacial score (nSPS) is 19.3. The molecule has 0 bridgehead atoms. The Bertz CT molecular complexity index is 832. The molecule has 0 N–H and O–H groups in total. The zero-order valence-electron chi connectivity index (χ0n) is 14.7. The topological polar surface area (TPSA) is 55.8 Å². The second-order valence-electron chi connectivity index (χ2n) is 6.20. The lowest BCUT2D eigenvalue weighted by molar-refractivity contribution is 0.0757. The molecule has 5 nitrogen and oxygen atoms in total. The Balaban J connectivity index is 1.67. The summed E-state index contributed by atoms with van der Waals surface area (Å²) in [5, 5.41) is 1.28. The van der Waals surface area contributed by atoms with Crippen molar-refractivity contribution in [2.75, 3.05) is 13.7 Å². The molecule has 3 rings (SSSR count). The minimum absolute atomic E-state index is 0.212. The molecule has 0 aromatic heterocycles. The van der Waals surface area contributed by atoms with Gasteiger partial charge in [-0.05, 0) is 29.7 Å². The number of sulfonamides is 1. The largest absolute Gasteiger partial charge is 0.497 e. The first-order chi connectivity index (χ1) is 12.6. The highest BCUT2D eigenvalue weighted by molar-refractivity contribution is 7.92. The van der Waals surface area contributed by atoms with Gasteiger partial charge in [0.1, 0.15) is 5.75 Å². The summed E-state index contributed by atoms with van der Waals surface area (Å²) in [6.07, 6.45) is 2.35. The Hall–Kier alpha value is -2.15. The third-order valence-electron chi connectivity index (χ3n) is 4.33. The predicted molar refractivity (Wildman–Crippen MR) is 101 cm³/mol. The number of hydrogen-bond donors (Lipinski definition) is 0. The first kappa shape index (κ1) is 18.6. The second kappa shape index (κ2) is 8.49. The lowest BCUT2D eigenvalue weighted by Crippen LogP contribution is -2.43.